The van der Waals surface area contributed by atoms with Crippen LogP contribution in [-0.4, -0.2) is 0 Å². The fourth-order valence-corrected chi connectivity index (χ4v) is 2.98. The maximum Gasteiger partial charge on any atom is 0.135 e. The first-order valence-electron chi connectivity index (χ1n) is 7.93. The number of nitrogens with one attached hydrogen (secondary N) is 1. The number of rotatable bonds is 4. The molecule has 1 N–H and O–H groups in total. The van der Waals surface area contributed by atoms with Crippen molar-refractivity contribution in [2.24, 2.45) is 0 Å². The number of nitrogens with zero attached hydrogens (tertiary/aromatic N) is 1. The van der Waals surface area contributed by atoms with Crippen molar-refractivity contribution < 1.29 is 4.42 Å². The van der Waals surface area contributed by atoms with Crippen molar-refractivity contribution >= 4 is 21.9 Å². The minimum atomic E-state index is -0.358. The summed E-state index contributed by atoms with van der Waals surface area (Å²) < 4.78 is 5.85. The zero-order chi connectivity index (χ0) is 16.4. The lowest BCUT2D eigenvalue weighted by Gasteiger charge is -2.12. The van der Waals surface area contributed by atoms with Crippen LogP contribution in [0, 0.1) is 11.3 Å². The zero-order valence-electron chi connectivity index (χ0n) is 13.1. The summed E-state index contributed by atoms with van der Waals surface area (Å²) in [7, 11) is 0. The first-order chi connectivity index (χ1) is 11.8. The van der Waals surface area contributed by atoms with Crippen LogP contribution in [0.25, 0.3) is 21.9 Å². The van der Waals surface area contributed by atoms with Crippen molar-refractivity contribution in [3.8, 4) is 6.07 Å². The van der Waals surface area contributed by atoms with Gasteiger partial charge in [0.05, 0.1) is 6.07 Å². The summed E-state index contributed by atoms with van der Waals surface area (Å²) in [6.45, 7) is 0.656. The highest BCUT2D eigenvalue weighted by atomic mass is 16.3. The lowest BCUT2D eigenvalue weighted by atomic mass is 10.0. The molecule has 4 aromatic rings. The maximum atomic E-state index is 9.56. The molecular formula is C21H16N2O. The lowest BCUT2D eigenvalue weighted by Crippen LogP contribution is -2.19. The van der Waals surface area contributed by atoms with Gasteiger partial charge in [-0.15, -0.1) is 0 Å². The molecule has 0 aliphatic carbocycles. The van der Waals surface area contributed by atoms with E-state index in [1.807, 2.05) is 72.8 Å². The Kier molecular flexibility index (Phi) is 3.74. The molecule has 0 radical (unpaired) electrons. The molecule has 116 valence electrons. The van der Waals surface area contributed by atoms with E-state index in [9.17, 15) is 5.26 Å². The van der Waals surface area contributed by atoms with Gasteiger partial charge in [0.2, 0.25) is 0 Å². The predicted octanol–water partition coefficient (Wildman–Crippen LogP) is 4.94. The van der Waals surface area contributed by atoms with Crippen molar-refractivity contribution in [3.05, 3.63) is 83.9 Å². The molecule has 0 saturated heterocycles. The normalized spacial score (nSPS) is 12.3. The highest BCUT2D eigenvalue weighted by Gasteiger charge is 2.13. The summed E-state index contributed by atoms with van der Waals surface area (Å²) in [4.78, 5) is 0. The molecule has 4 rings (SSSR count). The van der Waals surface area contributed by atoms with E-state index in [1.165, 1.54) is 0 Å². The largest absolute Gasteiger partial charge is 0.456 e. The average molecular weight is 312 g/mol. The molecule has 0 fully saturated rings. The Bertz CT molecular complexity index is 1030. The molecular weight excluding hydrogens is 296 g/mol. The van der Waals surface area contributed by atoms with Crippen LogP contribution in [0.2, 0.25) is 0 Å². The quantitative estimate of drug-likeness (QED) is 0.580. The average Bonchev–Trinajstić information content (AvgIpc) is 3.01. The van der Waals surface area contributed by atoms with Crippen molar-refractivity contribution in [1.82, 2.24) is 5.32 Å². The Balaban J connectivity index is 1.66. The Morgan fingerprint density at radius 3 is 2.46 bits per heavy atom. The molecule has 3 heteroatoms. The number of nitriles is 1. The number of furan rings is 1. The highest BCUT2D eigenvalue weighted by molar-refractivity contribution is 6.05. The van der Waals surface area contributed by atoms with E-state index >= 15 is 0 Å². The molecule has 24 heavy (non-hydrogen) atoms. The van der Waals surface area contributed by atoms with E-state index in [1.54, 1.807) is 0 Å². The van der Waals surface area contributed by atoms with Gasteiger partial charge in [-0.3, -0.25) is 5.32 Å². The molecule has 0 aliphatic rings. The SMILES string of the molecule is N#CC(NCc1ccccc1)c1ccc2oc3ccccc3c2c1. The van der Waals surface area contributed by atoms with Crippen LogP contribution in [0.15, 0.2) is 77.2 Å². The van der Waals surface area contributed by atoms with Gasteiger partial charge in [0.15, 0.2) is 0 Å². The third-order valence-corrected chi connectivity index (χ3v) is 4.22. The van der Waals surface area contributed by atoms with Crippen LogP contribution in [0.1, 0.15) is 17.2 Å². The lowest BCUT2D eigenvalue weighted by molar-refractivity contribution is 0.630. The van der Waals surface area contributed by atoms with Gasteiger partial charge in [-0.1, -0.05) is 54.6 Å². The van der Waals surface area contributed by atoms with Crippen LogP contribution in [0.4, 0.5) is 0 Å². The second kappa shape index (κ2) is 6.19. The fraction of sp³-hybridized carbons (Fsp3) is 0.0952. The molecule has 1 atom stereocenters. The summed E-state index contributed by atoms with van der Waals surface area (Å²) >= 11 is 0. The number of fused-ring (bicyclic) bond motifs is 3. The van der Waals surface area contributed by atoms with Crippen LogP contribution >= 0.6 is 0 Å². The standard InChI is InChI=1S/C21H16N2O/c22-13-19(23-14-15-6-2-1-3-7-15)16-10-11-21-18(12-16)17-8-4-5-9-20(17)24-21/h1-12,19,23H,14H2. The molecule has 0 bridgehead atoms. The summed E-state index contributed by atoms with van der Waals surface area (Å²) in [6.07, 6.45) is 0. The third-order valence-electron chi connectivity index (χ3n) is 4.22. The second-order valence-corrected chi connectivity index (χ2v) is 5.78. The minimum Gasteiger partial charge on any atom is -0.456 e. The van der Waals surface area contributed by atoms with Gasteiger partial charge in [-0.25, -0.2) is 0 Å². The Labute approximate surface area is 140 Å². The first-order valence-corrected chi connectivity index (χ1v) is 7.93. The van der Waals surface area contributed by atoms with Crippen LogP contribution < -0.4 is 5.32 Å². The maximum absolute atomic E-state index is 9.56. The van der Waals surface area contributed by atoms with Gasteiger partial charge in [0.1, 0.15) is 17.2 Å². The Morgan fingerprint density at radius 1 is 0.875 bits per heavy atom. The van der Waals surface area contributed by atoms with Gasteiger partial charge in [-0.05, 0) is 29.3 Å². The molecule has 0 spiro atoms. The Hall–Kier alpha value is -3.09. The van der Waals surface area contributed by atoms with E-state index < -0.39 is 0 Å². The molecule has 0 aliphatic heterocycles. The van der Waals surface area contributed by atoms with E-state index in [4.69, 9.17) is 4.42 Å². The summed E-state index contributed by atoms with van der Waals surface area (Å²) in [6, 6.07) is 26.0. The molecule has 0 saturated carbocycles. The van der Waals surface area contributed by atoms with Gasteiger partial charge in [-0.2, -0.15) is 5.26 Å². The van der Waals surface area contributed by atoms with Crippen LogP contribution in [0.3, 0.4) is 0 Å². The predicted molar refractivity (Wildman–Crippen MR) is 95.4 cm³/mol. The molecule has 1 heterocycles. The van der Waals surface area contributed by atoms with E-state index in [0.717, 1.165) is 33.1 Å². The Morgan fingerprint density at radius 2 is 1.62 bits per heavy atom. The number of hydrogen-bond acceptors (Lipinski definition) is 3. The summed E-state index contributed by atoms with van der Waals surface area (Å²) in [5, 5.41) is 15.0. The summed E-state index contributed by atoms with van der Waals surface area (Å²) in [5.41, 5.74) is 3.83. The molecule has 3 nitrogen and oxygen atoms in total. The second-order valence-electron chi connectivity index (χ2n) is 5.78. The van der Waals surface area contributed by atoms with Gasteiger partial charge < -0.3 is 4.42 Å². The highest BCUT2D eigenvalue weighted by Crippen LogP contribution is 2.30. The topological polar surface area (TPSA) is 49.0 Å². The zero-order valence-corrected chi connectivity index (χ0v) is 13.1. The molecule has 0 amide bonds. The van der Waals surface area contributed by atoms with Crippen molar-refractivity contribution in [2.75, 3.05) is 0 Å². The fourth-order valence-electron chi connectivity index (χ4n) is 2.98. The van der Waals surface area contributed by atoms with E-state index in [0.29, 0.717) is 6.54 Å². The molecule has 3 aromatic carbocycles. The van der Waals surface area contributed by atoms with Gasteiger partial charge in [0, 0.05) is 17.3 Å². The van der Waals surface area contributed by atoms with Gasteiger partial charge >= 0.3 is 0 Å². The molecule has 1 aromatic heterocycles. The molecule has 1 unspecified atom stereocenters. The van der Waals surface area contributed by atoms with Crippen molar-refractivity contribution in [3.63, 3.8) is 0 Å². The van der Waals surface area contributed by atoms with Crippen molar-refractivity contribution in [1.29, 1.82) is 5.26 Å². The first kappa shape index (κ1) is 14.5. The van der Waals surface area contributed by atoms with E-state index in [2.05, 4.69) is 11.4 Å². The number of para-hydroxylation sites is 1. The minimum absolute atomic E-state index is 0.358. The van der Waals surface area contributed by atoms with Crippen molar-refractivity contribution in [2.45, 2.75) is 12.6 Å². The van der Waals surface area contributed by atoms with Crippen LogP contribution in [0.5, 0.6) is 0 Å². The summed E-state index contributed by atoms with van der Waals surface area (Å²) in [5.74, 6) is 0. The van der Waals surface area contributed by atoms with Crippen LogP contribution in [-0.2, 0) is 6.54 Å². The third kappa shape index (κ3) is 2.64. The monoisotopic (exact) mass is 312 g/mol. The number of hydrogen-bond donors (Lipinski definition) is 1. The smallest absolute Gasteiger partial charge is 0.135 e. The number of benzene rings is 3. The van der Waals surface area contributed by atoms with Gasteiger partial charge in [0.25, 0.3) is 0 Å². The van der Waals surface area contributed by atoms with E-state index in [-0.39, 0.29) is 6.04 Å².